The van der Waals surface area contributed by atoms with E-state index in [1.807, 2.05) is 6.08 Å². The lowest BCUT2D eigenvalue weighted by Crippen LogP contribution is -1.95. The molecule has 1 aromatic rings. The van der Waals surface area contributed by atoms with Gasteiger partial charge in [-0.05, 0) is 13.3 Å². The van der Waals surface area contributed by atoms with E-state index < -0.39 is 4.92 Å². The van der Waals surface area contributed by atoms with E-state index in [4.69, 9.17) is 11.6 Å². The number of carbonyl (C=O) groups excluding carboxylic acids is 1. The summed E-state index contributed by atoms with van der Waals surface area (Å²) in [7, 11) is 0. The monoisotopic (exact) mass is 300 g/mol. The van der Waals surface area contributed by atoms with Gasteiger partial charge in [0.05, 0.1) is 4.92 Å². The van der Waals surface area contributed by atoms with Gasteiger partial charge in [0.15, 0.2) is 5.12 Å². The number of hydrogen-bond acceptors (Lipinski definition) is 5. The highest BCUT2D eigenvalue weighted by Gasteiger charge is 2.15. The van der Waals surface area contributed by atoms with Gasteiger partial charge in [-0.15, -0.1) is 0 Å². The van der Waals surface area contributed by atoms with Crippen molar-refractivity contribution < 1.29 is 9.72 Å². The SMILES string of the molecule is CC(=O)SCCC=Cc1cc([N+](=O)[O-])c(Cl)nc1C. The Hall–Kier alpha value is -1.40. The topological polar surface area (TPSA) is 73.1 Å². The summed E-state index contributed by atoms with van der Waals surface area (Å²) in [4.78, 5) is 24.9. The second-order valence-electron chi connectivity index (χ2n) is 3.76. The summed E-state index contributed by atoms with van der Waals surface area (Å²) < 4.78 is 0. The van der Waals surface area contributed by atoms with Gasteiger partial charge in [-0.1, -0.05) is 35.5 Å². The summed E-state index contributed by atoms with van der Waals surface area (Å²) in [5.41, 5.74) is 1.08. The van der Waals surface area contributed by atoms with E-state index in [1.54, 1.807) is 13.0 Å². The third-order valence-corrected chi connectivity index (χ3v) is 3.40. The summed E-state index contributed by atoms with van der Waals surface area (Å²) in [6.07, 6.45) is 4.32. The van der Waals surface area contributed by atoms with Crippen LogP contribution >= 0.6 is 23.4 Å². The average molecular weight is 301 g/mol. The highest BCUT2D eigenvalue weighted by molar-refractivity contribution is 8.13. The fraction of sp³-hybridized carbons (Fsp3) is 0.333. The van der Waals surface area contributed by atoms with Crippen LogP contribution in [0, 0.1) is 17.0 Å². The summed E-state index contributed by atoms with van der Waals surface area (Å²) in [6.45, 7) is 3.25. The molecule has 1 rings (SSSR count). The molecule has 0 fully saturated rings. The maximum atomic E-state index is 10.8. The number of aromatic nitrogens is 1. The highest BCUT2D eigenvalue weighted by atomic mass is 35.5. The van der Waals surface area contributed by atoms with E-state index in [-0.39, 0.29) is 16.0 Å². The van der Waals surface area contributed by atoms with Gasteiger partial charge in [0, 0.05) is 30.0 Å². The zero-order valence-corrected chi connectivity index (χ0v) is 12.1. The number of nitro groups is 1. The van der Waals surface area contributed by atoms with Gasteiger partial charge in [-0.25, -0.2) is 4.98 Å². The molecule has 5 nitrogen and oxygen atoms in total. The number of allylic oxidation sites excluding steroid dienone is 1. The molecule has 0 aromatic carbocycles. The van der Waals surface area contributed by atoms with Crippen LogP contribution in [0.25, 0.3) is 6.08 Å². The largest absolute Gasteiger partial charge is 0.307 e. The van der Waals surface area contributed by atoms with Crippen LogP contribution in [0.2, 0.25) is 5.15 Å². The number of pyridine rings is 1. The standard InChI is InChI=1S/C12H13ClN2O3S/c1-8-10(5-3-4-6-19-9(2)16)7-11(15(17)18)12(13)14-8/h3,5,7H,4,6H2,1-2H3. The molecule has 0 aliphatic rings. The van der Waals surface area contributed by atoms with Gasteiger partial charge in [0.1, 0.15) is 0 Å². The predicted octanol–water partition coefficient (Wildman–Crippen LogP) is 3.63. The Bertz CT molecular complexity index is 532. The van der Waals surface area contributed by atoms with Crippen molar-refractivity contribution in [2.24, 2.45) is 0 Å². The Morgan fingerprint density at radius 1 is 1.63 bits per heavy atom. The molecule has 0 unspecified atom stereocenters. The Kier molecular flexibility index (Phi) is 5.98. The predicted molar refractivity (Wildman–Crippen MR) is 77.4 cm³/mol. The fourth-order valence-electron chi connectivity index (χ4n) is 1.36. The molecule has 19 heavy (non-hydrogen) atoms. The lowest BCUT2D eigenvalue weighted by atomic mass is 10.1. The first-order valence-electron chi connectivity index (χ1n) is 5.53. The molecular weight excluding hydrogens is 288 g/mol. The molecule has 0 bridgehead atoms. The number of rotatable bonds is 5. The first-order valence-corrected chi connectivity index (χ1v) is 6.89. The average Bonchev–Trinajstić information content (AvgIpc) is 2.30. The molecule has 0 atom stereocenters. The van der Waals surface area contributed by atoms with E-state index in [0.29, 0.717) is 23.4 Å². The number of nitrogens with zero attached hydrogens (tertiary/aromatic N) is 2. The fourth-order valence-corrected chi connectivity index (χ4v) is 2.15. The molecule has 0 aliphatic carbocycles. The molecule has 0 aliphatic heterocycles. The van der Waals surface area contributed by atoms with Crippen LogP contribution in [0.1, 0.15) is 24.6 Å². The number of aryl methyl sites for hydroxylation is 1. The van der Waals surface area contributed by atoms with Gasteiger partial charge in [-0.3, -0.25) is 14.9 Å². The summed E-state index contributed by atoms with van der Waals surface area (Å²) >= 11 is 6.94. The van der Waals surface area contributed by atoms with E-state index in [2.05, 4.69) is 4.98 Å². The number of hydrogen-bond donors (Lipinski definition) is 0. The van der Waals surface area contributed by atoms with Gasteiger partial charge in [-0.2, -0.15) is 0 Å². The molecule has 1 heterocycles. The Morgan fingerprint density at radius 2 is 2.32 bits per heavy atom. The molecule has 7 heteroatoms. The van der Waals surface area contributed by atoms with E-state index in [9.17, 15) is 14.9 Å². The molecule has 102 valence electrons. The number of thioether (sulfide) groups is 1. The van der Waals surface area contributed by atoms with E-state index in [1.165, 1.54) is 24.8 Å². The van der Waals surface area contributed by atoms with Crippen molar-refractivity contribution in [3.05, 3.63) is 38.7 Å². The van der Waals surface area contributed by atoms with Gasteiger partial charge < -0.3 is 0 Å². The first-order chi connectivity index (χ1) is 8.91. The van der Waals surface area contributed by atoms with Crippen molar-refractivity contribution in [3.8, 4) is 0 Å². The summed E-state index contributed by atoms with van der Waals surface area (Å²) in [6, 6.07) is 1.40. The van der Waals surface area contributed by atoms with Crippen LogP contribution in [-0.4, -0.2) is 20.8 Å². The van der Waals surface area contributed by atoms with Crippen LogP contribution in [0.15, 0.2) is 12.1 Å². The minimum Gasteiger partial charge on any atom is -0.288 e. The van der Waals surface area contributed by atoms with Crippen molar-refractivity contribution in [2.75, 3.05) is 5.75 Å². The quantitative estimate of drug-likeness (QED) is 0.359. The Labute approximate surface area is 120 Å². The van der Waals surface area contributed by atoms with Crippen LogP contribution in [0.4, 0.5) is 5.69 Å². The molecule has 0 saturated heterocycles. The van der Waals surface area contributed by atoms with Crippen LogP contribution in [0.5, 0.6) is 0 Å². The van der Waals surface area contributed by atoms with E-state index in [0.717, 1.165) is 0 Å². The molecular formula is C12H13ClN2O3S. The Balaban J connectivity index is 2.77. The molecule has 0 saturated carbocycles. The van der Waals surface area contributed by atoms with Gasteiger partial charge >= 0.3 is 5.69 Å². The van der Waals surface area contributed by atoms with E-state index >= 15 is 0 Å². The summed E-state index contributed by atoms with van der Waals surface area (Å²) in [5.74, 6) is 0.688. The lowest BCUT2D eigenvalue weighted by Gasteiger charge is -2.01. The van der Waals surface area contributed by atoms with Crippen molar-refractivity contribution in [3.63, 3.8) is 0 Å². The number of carbonyl (C=O) groups is 1. The molecule has 0 spiro atoms. The maximum Gasteiger partial charge on any atom is 0.307 e. The lowest BCUT2D eigenvalue weighted by molar-refractivity contribution is -0.385. The minimum atomic E-state index is -0.558. The van der Waals surface area contributed by atoms with Gasteiger partial charge in [0.2, 0.25) is 5.15 Å². The van der Waals surface area contributed by atoms with Crippen LogP contribution < -0.4 is 0 Å². The van der Waals surface area contributed by atoms with Crippen molar-refractivity contribution in [1.82, 2.24) is 4.98 Å². The second-order valence-corrected chi connectivity index (χ2v) is 5.39. The maximum absolute atomic E-state index is 10.8. The second kappa shape index (κ2) is 7.25. The van der Waals surface area contributed by atoms with Crippen LogP contribution in [0.3, 0.4) is 0 Å². The zero-order chi connectivity index (χ0) is 14.4. The Morgan fingerprint density at radius 3 is 2.89 bits per heavy atom. The normalized spacial score (nSPS) is 10.9. The third-order valence-electron chi connectivity index (χ3n) is 2.27. The first kappa shape index (κ1) is 15.7. The zero-order valence-electron chi connectivity index (χ0n) is 10.6. The molecule has 0 N–H and O–H groups in total. The molecule has 0 radical (unpaired) electrons. The third kappa shape index (κ3) is 5.00. The van der Waals surface area contributed by atoms with Crippen molar-refractivity contribution in [2.45, 2.75) is 20.3 Å². The van der Waals surface area contributed by atoms with Crippen LogP contribution in [-0.2, 0) is 4.79 Å². The van der Waals surface area contributed by atoms with Crippen molar-refractivity contribution >= 4 is 40.2 Å². The number of halogens is 1. The smallest absolute Gasteiger partial charge is 0.288 e. The van der Waals surface area contributed by atoms with Crippen molar-refractivity contribution in [1.29, 1.82) is 0 Å². The minimum absolute atomic E-state index is 0.0772. The summed E-state index contributed by atoms with van der Waals surface area (Å²) in [5, 5.41) is 10.7. The molecule has 0 amide bonds. The highest BCUT2D eigenvalue weighted by Crippen LogP contribution is 2.25. The molecule has 1 aromatic heterocycles. The van der Waals surface area contributed by atoms with Gasteiger partial charge in [0.25, 0.3) is 0 Å².